The van der Waals surface area contributed by atoms with Crippen LogP contribution in [0.3, 0.4) is 0 Å². The van der Waals surface area contributed by atoms with E-state index in [1.807, 2.05) is 24.3 Å². The molecule has 0 bridgehead atoms. The largest absolute Gasteiger partial charge is 0.451 e. The first-order valence-corrected chi connectivity index (χ1v) is 8.82. The van der Waals surface area contributed by atoms with Gasteiger partial charge in [0, 0.05) is 37.2 Å². The normalized spacial score (nSPS) is 10.8. The van der Waals surface area contributed by atoms with Crippen molar-refractivity contribution in [3.05, 3.63) is 79.8 Å². The van der Waals surface area contributed by atoms with Gasteiger partial charge >= 0.3 is 0 Å². The molecule has 8 heteroatoms. The highest BCUT2D eigenvalue weighted by atomic mass is 16.3. The summed E-state index contributed by atoms with van der Waals surface area (Å²) in [6.07, 6.45) is 11.6. The van der Waals surface area contributed by atoms with Crippen molar-refractivity contribution in [3.63, 3.8) is 0 Å². The number of furan rings is 1. The first kappa shape index (κ1) is 16.8. The summed E-state index contributed by atoms with van der Waals surface area (Å²) in [5, 5.41) is 8.21. The average molecular weight is 379 g/mol. The molecule has 0 aromatic carbocycles. The molecule has 0 aliphatic carbocycles. The summed E-state index contributed by atoms with van der Waals surface area (Å²) in [6, 6.07) is 11.0. The van der Waals surface area contributed by atoms with Crippen LogP contribution >= 0.6 is 0 Å². The second-order valence-electron chi connectivity index (χ2n) is 6.00. The molecule has 0 saturated heterocycles. The molecule has 0 aliphatic rings. The van der Waals surface area contributed by atoms with Crippen LogP contribution in [-0.4, -0.2) is 35.1 Å². The number of pyridine rings is 1. The first-order chi connectivity index (χ1) is 14.4. The van der Waals surface area contributed by atoms with Gasteiger partial charge in [-0.15, -0.1) is 5.10 Å². The zero-order valence-electron chi connectivity index (χ0n) is 15.0. The molecule has 5 aromatic heterocycles. The Hall–Kier alpha value is -4.33. The van der Waals surface area contributed by atoms with E-state index in [1.165, 1.54) is 0 Å². The van der Waals surface area contributed by atoms with Crippen molar-refractivity contribution in [1.29, 1.82) is 0 Å². The summed E-state index contributed by atoms with van der Waals surface area (Å²) in [4.78, 5) is 22.0. The summed E-state index contributed by atoms with van der Waals surface area (Å²) in [5.41, 5.74) is 3.19. The maximum Gasteiger partial charge on any atom is 0.166 e. The smallest absolute Gasteiger partial charge is 0.166 e. The van der Waals surface area contributed by atoms with E-state index in [2.05, 4.69) is 35.1 Å². The number of hydrogen-bond acceptors (Lipinski definition) is 8. The number of hydrogen-bond donors (Lipinski definition) is 0. The Bertz CT molecular complexity index is 1130. The van der Waals surface area contributed by atoms with Crippen molar-refractivity contribution in [2.45, 2.75) is 0 Å². The van der Waals surface area contributed by atoms with Crippen LogP contribution in [0.15, 0.2) is 84.2 Å². The van der Waals surface area contributed by atoms with Crippen LogP contribution in [0.5, 0.6) is 0 Å². The Kier molecular flexibility index (Phi) is 4.26. The van der Waals surface area contributed by atoms with Gasteiger partial charge in [0.1, 0.15) is 11.4 Å². The highest BCUT2D eigenvalue weighted by molar-refractivity contribution is 5.95. The van der Waals surface area contributed by atoms with Gasteiger partial charge in [0.25, 0.3) is 0 Å². The van der Waals surface area contributed by atoms with E-state index in [4.69, 9.17) is 4.42 Å². The van der Waals surface area contributed by atoms with Gasteiger partial charge in [0.2, 0.25) is 0 Å². The summed E-state index contributed by atoms with van der Waals surface area (Å²) in [6.45, 7) is 0. The van der Waals surface area contributed by atoms with E-state index >= 15 is 0 Å². The number of aromatic nitrogens is 7. The lowest BCUT2D eigenvalue weighted by Gasteiger charge is -2.05. The molecular formula is C21H13N7O. The molecule has 0 fully saturated rings. The van der Waals surface area contributed by atoms with Crippen LogP contribution in [0.1, 0.15) is 0 Å². The Morgan fingerprint density at radius 2 is 1.38 bits per heavy atom. The number of rotatable bonds is 4. The predicted octanol–water partition coefficient (Wildman–Crippen LogP) is 3.71. The zero-order chi connectivity index (χ0) is 19.5. The van der Waals surface area contributed by atoms with Gasteiger partial charge in [0.05, 0.1) is 23.0 Å². The van der Waals surface area contributed by atoms with E-state index < -0.39 is 0 Å². The van der Waals surface area contributed by atoms with Crippen LogP contribution in [-0.2, 0) is 0 Å². The molecule has 138 valence electrons. The maximum absolute atomic E-state index is 6.31. The molecule has 5 aromatic rings. The zero-order valence-corrected chi connectivity index (χ0v) is 15.0. The lowest BCUT2D eigenvalue weighted by molar-refractivity contribution is 0.592. The van der Waals surface area contributed by atoms with Crippen molar-refractivity contribution >= 4 is 0 Å². The third-order valence-corrected chi connectivity index (χ3v) is 4.22. The highest BCUT2D eigenvalue weighted by Gasteiger charge is 2.28. The number of nitrogens with zero attached hydrogens (tertiary/aromatic N) is 7. The van der Waals surface area contributed by atoms with Gasteiger partial charge in [-0.25, -0.2) is 9.97 Å². The van der Waals surface area contributed by atoms with Crippen LogP contribution < -0.4 is 0 Å². The monoisotopic (exact) mass is 379 g/mol. The molecule has 8 nitrogen and oxygen atoms in total. The molecule has 5 heterocycles. The summed E-state index contributed by atoms with van der Waals surface area (Å²) in [5.74, 6) is 1.51. The fourth-order valence-corrected chi connectivity index (χ4v) is 3.03. The fourth-order valence-electron chi connectivity index (χ4n) is 3.03. The van der Waals surface area contributed by atoms with Crippen molar-refractivity contribution in [3.8, 4) is 45.6 Å². The van der Waals surface area contributed by atoms with E-state index in [0.29, 0.717) is 45.6 Å². The van der Waals surface area contributed by atoms with Crippen molar-refractivity contribution in [1.82, 2.24) is 35.1 Å². The molecule has 0 spiro atoms. The topological polar surface area (TPSA) is 103 Å². The summed E-state index contributed by atoms with van der Waals surface area (Å²) < 4.78 is 6.31. The SMILES string of the molecule is c1ccc(-c2oc(-c3cccnn3)c(-c3ncccn3)c2-c2cnccn2)nc1. The van der Waals surface area contributed by atoms with Crippen LogP contribution in [0.4, 0.5) is 0 Å². The fraction of sp³-hybridized carbons (Fsp3) is 0. The standard InChI is InChI=1S/C21H13N7O/c1-2-7-23-14(5-1)19-17(16-13-22-11-12-24-16)18(21-25-8-4-9-26-21)20(29-19)15-6-3-10-27-28-15/h1-13H. The lowest BCUT2D eigenvalue weighted by atomic mass is 10.0. The molecule has 0 aliphatic heterocycles. The second kappa shape index (κ2) is 7.35. The van der Waals surface area contributed by atoms with Gasteiger partial charge in [0.15, 0.2) is 17.3 Å². The van der Waals surface area contributed by atoms with Crippen LogP contribution in [0.2, 0.25) is 0 Å². The molecule has 0 radical (unpaired) electrons. The van der Waals surface area contributed by atoms with Gasteiger partial charge in [-0.2, -0.15) is 5.10 Å². The van der Waals surface area contributed by atoms with E-state index in [-0.39, 0.29) is 0 Å². The molecule has 5 rings (SSSR count). The summed E-state index contributed by atoms with van der Waals surface area (Å²) >= 11 is 0. The van der Waals surface area contributed by atoms with Crippen LogP contribution in [0.25, 0.3) is 45.6 Å². The summed E-state index contributed by atoms with van der Waals surface area (Å²) in [7, 11) is 0. The quantitative estimate of drug-likeness (QED) is 0.465. The second-order valence-corrected chi connectivity index (χ2v) is 6.00. The first-order valence-electron chi connectivity index (χ1n) is 8.82. The molecule has 0 N–H and O–H groups in total. The molecular weight excluding hydrogens is 366 g/mol. The van der Waals surface area contributed by atoms with Crippen molar-refractivity contribution in [2.75, 3.05) is 0 Å². The van der Waals surface area contributed by atoms with Crippen molar-refractivity contribution < 1.29 is 4.42 Å². The molecule has 0 amide bonds. The Morgan fingerprint density at radius 3 is 2.10 bits per heavy atom. The molecule has 0 unspecified atom stereocenters. The molecule has 0 atom stereocenters. The Labute approximate surface area is 165 Å². The Morgan fingerprint density at radius 1 is 0.586 bits per heavy atom. The highest BCUT2D eigenvalue weighted by Crippen LogP contribution is 2.45. The molecule has 29 heavy (non-hydrogen) atoms. The van der Waals surface area contributed by atoms with Gasteiger partial charge in [-0.3, -0.25) is 15.0 Å². The third kappa shape index (κ3) is 3.12. The minimum absolute atomic E-state index is 0.486. The van der Waals surface area contributed by atoms with E-state index in [0.717, 1.165) is 0 Å². The van der Waals surface area contributed by atoms with Gasteiger partial charge in [-0.05, 0) is 30.3 Å². The lowest BCUT2D eigenvalue weighted by Crippen LogP contribution is -1.94. The molecule has 0 saturated carbocycles. The van der Waals surface area contributed by atoms with Gasteiger partial charge < -0.3 is 4.42 Å². The van der Waals surface area contributed by atoms with E-state index in [1.54, 1.807) is 55.5 Å². The maximum atomic E-state index is 6.31. The third-order valence-electron chi connectivity index (χ3n) is 4.22. The average Bonchev–Trinajstić information content (AvgIpc) is 3.22. The minimum atomic E-state index is 0.486. The minimum Gasteiger partial charge on any atom is -0.451 e. The van der Waals surface area contributed by atoms with E-state index in [9.17, 15) is 0 Å². The van der Waals surface area contributed by atoms with Crippen LogP contribution in [0, 0.1) is 0 Å². The predicted molar refractivity (Wildman–Crippen MR) is 105 cm³/mol. The van der Waals surface area contributed by atoms with Gasteiger partial charge in [-0.1, -0.05) is 6.07 Å². The van der Waals surface area contributed by atoms with Crippen molar-refractivity contribution in [2.24, 2.45) is 0 Å². The Balaban J connectivity index is 1.89.